The Labute approximate surface area is 155 Å². The maximum Gasteiger partial charge on any atom is 0.257 e. The highest BCUT2D eigenvalue weighted by molar-refractivity contribution is 6.30. The fourth-order valence-electron chi connectivity index (χ4n) is 3.05. The van der Waals surface area contributed by atoms with Crippen LogP contribution in [0.3, 0.4) is 0 Å². The Balaban J connectivity index is 1.56. The molecule has 0 saturated carbocycles. The third-order valence-electron chi connectivity index (χ3n) is 4.37. The van der Waals surface area contributed by atoms with E-state index in [9.17, 15) is 4.79 Å². The number of anilines is 1. The molecule has 1 saturated heterocycles. The zero-order valence-electron chi connectivity index (χ0n) is 14.1. The number of ether oxygens (including phenoxy) is 1. The second-order valence-electron chi connectivity index (χ2n) is 6.07. The molecule has 0 radical (unpaired) electrons. The van der Waals surface area contributed by atoms with Crippen LogP contribution in [0.5, 0.6) is 5.75 Å². The Bertz CT molecular complexity index is 956. The number of rotatable bonds is 4. The van der Waals surface area contributed by atoms with E-state index in [1.165, 1.54) is 0 Å². The molecule has 7 heteroatoms. The lowest BCUT2D eigenvalue weighted by molar-refractivity contribution is -0.117. The maximum atomic E-state index is 12.5. The number of carbonyl (C=O) groups excluding carboxylic acids is 1. The SMILES string of the molecule is COc1cccc(N2CC(c3noc(-c4cccc(Cl)c4)n3)CC2=O)c1. The second-order valence-corrected chi connectivity index (χ2v) is 6.51. The lowest BCUT2D eigenvalue weighted by atomic mass is 10.1. The predicted molar refractivity (Wildman–Crippen MR) is 97.4 cm³/mol. The van der Waals surface area contributed by atoms with Crippen molar-refractivity contribution in [2.45, 2.75) is 12.3 Å². The average molecular weight is 370 g/mol. The van der Waals surface area contributed by atoms with Crippen LogP contribution in [0.2, 0.25) is 5.02 Å². The van der Waals surface area contributed by atoms with Gasteiger partial charge in [0.05, 0.1) is 7.11 Å². The number of amides is 1. The van der Waals surface area contributed by atoms with Gasteiger partial charge in [-0.05, 0) is 30.3 Å². The van der Waals surface area contributed by atoms with Crippen LogP contribution in [0.25, 0.3) is 11.5 Å². The van der Waals surface area contributed by atoms with Crippen molar-refractivity contribution < 1.29 is 14.1 Å². The van der Waals surface area contributed by atoms with Crippen LogP contribution in [0.15, 0.2) is 53.1 Å². The fraction of sp³-hybridized carbons (Fsp3) is 0.211. The number of hydrogen-bond donors (Lipinski definition) is 0. The number of methoxy groups -OCH3 is 1. The van der Waals surface area contributed by atoms with E-state index in [0.717, 1.165) is 11.3 Å². The molecule has 1 atom stereocenters. The van der Waals surface area contributed by atoms with Crippen molar-refractivity contribution in [1.82, 2.24) is 10.1 Å². The number of hydrogen-bond acceptors (Lipinski definition) is 5. The van der Waals surface area contributed by atoms with Crippen LogP contribution >= 0.6 is 11.6 Å². The molecule has 1 unspecified atom stereocenters. The average Bonchev–Trinajstić information content (AvgIpc) is 3.28. The summed E-state index contributed by atoms with van der Waals surface area (Å²) < 4.78 is 10.6. The van der Waals surface area contributed by atoms with Crippen molar-refractivity contribution in [3.63, 3.8) is 0 Å². The van der Waals surface area contributed by atoms with Crippen LogP contribution in [0.1, 0.15) is 18.2 Å². The smallest absolute Gasteiger partial charge is 0.257 e. The molecule has 1 aliphatic heterocycles. The van der Waals surface area contributed by atoms with Gasteiger partial charge in [-0.1, -0.05) is 28.9 Å². The fourth-order valence-corrected chi connectivity index (χ4v) is 3.24. The van der Waals surface area contributed by atoms with Gasteiger partial charge in [0.15, 0.2) is 5.82 Å². The Morgan fingerprint density at radius 1 is 1.23 bits per heavy atom. The Kier molecular flexibility index (Phi) is 4.34. The standard InChI is InChI=1S/C19H16ClN3O3/c1-25-16-7-3-6-15(10-16)23-11-13(9-17(23)24)18-21-19(26-22-18)12-4-2-5-14(20)8-12/h2-8,10,13H,9,11H2,1H3. The van der Waals surface area contributed by atoms with Crippen molar-refractivity contribution in [3.8, 4) is 17.2 Å². The molecule has 1 aromatic heterocycles. The van der Waals surface area contributed by atoms with Gasteiger partial charge in [-0.3, -0.25) is 4.79 Å². The van der Waals surface area contributed by atoms with Gasteiger partial charge in [-0.25, -0.2) is 0 Å². The van der Waals surface area contributed by atoms with Crippen LogP contribution in [-0.4, -0.2) is 29.7 Å². The normalized spacial score (nSPS) is 16.9. The zero-order valence-corrected chi connectivity index (χ0v) is 14.8. The lowest BCUT2D eigenvalue weighted by Gasteiger charge is -2.16. The molecular weight excluding hydrogens is 354 g/mol. The van der Waals surface area contributed by atoms with E-state index in [2.05, 4.69) is 10.1 Å². The topological polar surface area (TPSA) is 68.5 Å². The molecule has 132 valence electrons. The largest absolute Gasteiger partial charge is 0.497 e. The van der Waals surface area contributed by atoms with E-state index in [1.807, 2.05) is 36.4 Å². The number of halogens is 1. The minimum absolute atomic E-state index is 0.0253. The van der Waals surface area contributed by atoms with Gasteiger partial charge in [-0.15, -0.1) is 0 Å². The summed E-state index contributed by atoms with van der Waals surface area (Å²) in [5, 5.41) is 4.67. The summed E-state index contributed by atoms with van der Waals surface area (Å²) in [4.78, 5) is 18.6. The van der Waals surface area contributed by atoms with Gasteiger partial charge in [0.2, 0.25) is 5.91 Å². The molecule has 2 heterocycles. The zero-order chi connectivity index (χ0) is 18.1. The van der Waals surface area contributed by atoms with Crippen LogP contribution < -0.4 is 9.64 Å². The maximum absolute atomic E-state index is 12.5. The van der Waals surface area contributed by atoms with Gasteiger partial charge in [0.25, 0.3) is 5.89 Å². The van der Waals surface area contributed by atoms with E-state index in [4.69, 9.17) is 20.9 Å². The van der Waals surface area contributed by atoms with Gasteiger partial charge >= 0.3 is 0 Å². The molecule has 1 aliphatic rings. The molecule has 0 aliphatic carbocycles. The molecule has 26 heavy (non-hydrogen) atoms. The molecule has 2 aromatic carbocycles. The van der Waals surface area contributed by atoms with Gasteiger partial charge in [-0.2, -0.15) is 4.98 Å². The minimum Gasteiger partial charge on any atom is -0.497 e. The highest BCUT2D eigenvalue weighted by Crippen LogP contribution is 2.33. The minimum atomic E-state index is -0.120. The van der Waals surface area contributed by atoms with Gasteiger partial charge in [0.1, 0.15) is 5.75 Å². The summed E-state index contributed by atoms with van der Waals surface area (Å²) in [5.41, 5.74) is 1.56. The molecular formula is C19H16ClN3O3. The van der Waals surface area contributed by atoms with Crippen molar-refractivity contribution in [3.05, 3.63) is 59.4 Å². The molecule has 0 spiro atoms. The molecule has 1 fully saturated rings. The first-order chi connectivity index (χ1) is 12.6. The van der Waals surface area contributed by atoms with E-state index in [1.54, 1.807) is 24.1 Å². The lowest BCUT2D eigenvalue weighted by Crippen LogP contribution is -2.24. The highest BCUT2D eigenvalue weighted by atomic mass is 35.5. The third kappa shape index (κ3) is 3.15. The molecule has 3 aromatic rings. The van der Waals surface area contributed by atoms with E-state index in [-0.39, 0.29) is 11.8 Å². The monoisotopic (exact) mass is 369 g/mol. The molecule has 0 N–H and O–H groups in total. The molecule has 4 rings (SSSR count). The quantitative estimate of drug-likeness (QED) is 0.697. The van der Waals surface area contributed by atoms with Crippen molar-refractivity contribution in [2.75, 3.05) is 18.6 Å². The van der Waals surface area contributed by atoms with E-state index >= 15 is 0 Å². The van der Waals surface area contributed by atoms with Gasteiger partial charge in [0, 0.05) is 41.2 Å². The summed E-state index contributed by atoms with van der Waals surface area (Å²) in [5.74, 6) is 1.54. The first-order valence-electron chi connectivity index (χ1n) is 8.18. The first kappa shape index (κ1) is 16.6. The summed E-state index contributed by atoms with van der Waals surface area (Å²) >= 11 is 6.01. The molecule has 6 nitrogen and oxygen atoms in total. The summed E-state index contributed by atoms with van der Waals surface area (Å²) in [7, 11) is 1.60. The Morgan fingerprint density at radius 2 is 2.08 bits per heavy atom. The highest BCUT2D eigenvalue weighted by Gasteiger charge is 2.34. The van der Waals surface area contributed by atoms with Crippen LogP contribution in [-0.2, 0) is 4.79 Å². The van der Waals surface area contributed by atoms with Crippen molar-refractivity contribution >= 4 is 23.2 Å². The molecule has 1 amide bonds. The second kappa shape index (κ2) is 6.80. The Hall–Kier alpha value is -2.86. The van der Waals surface area contributed by atoms with Crippen LogP contribution in [0.4, 0.5) is 5.69 Å². The predicted octanol–water partition coefficient (Wildman–Crippen LogP) is 3.92. The number of carbonyl (C=O) groups is 1. The van der Waals surface area contributed by atoms with E-state index in [0.29, 0.717) is 35.5 Å². The summed E-state index contributed by atoms with van der Waals surface area (Å²) in [6.07, 6.45) is 0.339. The van der Waals surface area contributed by atoms with E-state index < -0.39 is 0 Å². The van der Waals surface area contributed by atoms with Crippen molar-refractivity contribution in [2.24, 2.45) is 0 Å². The van der Waals surface area contributed by atoms with Gasteiger partial charge < -0.3 is 14.2 Å². The number of nitrogens with zero attached hydrogens (tertiary/aromatic N) is 3. The Morgan fingerprint density at radius 3 is 2.88 bits per heavy atom. The molecule has 0 bridgehead atoms. The summed E-state index contributed by atoms with van der Waals surface area (Å²) in [6.45, 7) is 0.501. The summed E-state index contributed by atoms with van der Waals surface area (Å²) in [6, 6.07) is 14.7. The number of benzene rings is 2. The third-order valence-corrected chi connectivity index (χ3v) is 4.60. The van der Waals surface area contributed by atoms with Crippen molar-refractivity contribution in [1.29, 1.82) is 0 Å². The first-order valence-corrected chi connectivity index (χ1v) is 8.56. The number of aromatic nitrogens is 2. The van der Waals surface area contributed by atoms with Crippen LogP contribution in [0, 0.1) is 0 Å².